The van der Waals surface area contributed by atoms with E-state index in [1.165, 1.54) is 0 Å². The molecule has 1 rings (SSSR count). The number of likely N-dealkylation sites (N-methyl/N-ethyl adjacent to an activating group) is 1. The number of rotatable bonds is 8. The molecule has 0 fully saturated rings. The van der Waals surface area contributed by atoms with E-state index in [4.69, 9.17) is 0 Å². The number of hydrogen-bond acceptors (Lipinski definition) is 3. The summed E-state index contributed by atoms with van der Waals surface area (Å²) < 4.78 is 0. The summed E-state index contributed by atoms with van der Waals surface area (Å²) in [5, 5.41) is 0. The molecule has 1 aromatic rings. The second-order valence-electron chi connectivity index (χ2n) is 4.53. The van der Waals surface area contributed by atoms with Gasteiger partial charge < -0.3 is 9.88 Å². The molecule has 0 saturated carbocycles. The molecule has 96 valence electrons. The summed E-state index contributed by atoms with van der Waals surface area (Å²) in [5.41, 5.74) is 0.705. The van der Waals surface area contributed by atoms with Gasteiger partial charge in [-0.2, -0.15) is 0 Å². The zero-order chi connectivity index (χ0) is 12.7. The van der Waals surface area contributed by atoms with Crippen LogP contribution < -0.4 is 0 Å². The average Bonchev–Trinajstić information content (AvgIpc) is 2.80. The molecule has 0 aromatic carbocycles. The monoisotopic (exact) mass is 237 g/mol. The molecule has 0 unspecified atom stereocenters. The van der Waals surface area contributed by atoms with E-state index in [1.807, 2.05) is 12.1 Å². The Morgan fingerprint density at radius 1 is 1.35 bits per heavy atom. The fraction of sp³-hybridized carbons (Fsp3) is 0.615. The Morgan fingerprint density at radius 3 is 2.65 bits per heavy atom. The summed E-state index contributed by atoms with van der Waals surface area (Å²) in [5.74, 6) is 0.168. The molecule has 0 aliphatic rings. The first-order valence-corrected chi connectivity index (χ1v) is 6.17. The fourth-order valence-corrected chi connectivity index (χ4v) is 1.75. The number of carbonyl (C=O) groups is 1. The van der Waals surface area contributed by atoms with E-state index in [0.717, 1.165) is 26.1 Å². The summed E-state index contributed by atoms with van der Waals surface area (Å²) in [7, 11) is 4.14. The normalized spacial score (nSPS) is 11.4. The molecule has 17 heavy (non-hydrogen) atoms. The van der Waals surface area contributed by atoms with Crippen LogP contribution in [0, 0.1) is 0 Å². The van der Waals surface area contributed by atoms with Gasteiger partial charge in [0.1, 0.15) is 0 Å². The van der Waals surface area contributed by atoms with Gasteiger partial charge in [0.2, 0.25) is 0 Å². The van der Waals surface area contributed by atoms with Crippen molar-refractivity contribution in [1.82, 2.24) is 14.8 Å². The SMILES string of the molecule is CCN(CCCN(C)C)CC(=O)c1ccc[nH]1. The predicted molar refractivity (Wildman–Crippen MR) is 70.4 cm³/mol. The molecule has 0 atom stereocenters. The molecular weight excluding hydrogens is 214 g/mol. The molecule has 1 aromatic heterocycles. The molecule has 0 amide bonds. The van der Waals surface area contributed by atoms with Crippen molar-refractivity contribution in [3.63, 3.8) is 0 Å². The molecule has 0 saturated heterocycles. The quantitative estimate of drug-likeness (QED) is 0.696. The van der Waals surface area contributed by atoms with Crippen LogP contribution in [-0.2, 0) is 0 Å². The highest BCUT2D eigenvalue weighted by molar-refractivity contribution is 5.95. The predicted octanol–water partition coefficient (Wildman–Crippen LogP) is 1.47. The van der Waals surface area contributed by atoms with E-state index < -0.39 is 0 Å². The zero-order valence-electron chi connectivity index (χ0n) is 11.1. The number of hydrogen-bond donors (Lipinski definition) is 1. The Balaban J connectivity index is 2.34. The number of aromatic nitrogens is 1. The highest BCUT2D eigenvalue weighted by Gasteiger charge is 2.11. The third-order valence-electron chi connectivity index (χ3n) is 2.79. The maximum Gasteiger partial charge on any atom is 0.192 e. The first-order chi connectivity index (χ1) is 8.13. The maximum atomic E-state index is 11.9. The summed E-state index contributed by atoms with van der Waals surface area (Å²) in [6.45, 7) is 5.55. The van der Waals surface area contributed by atoms with E-state index in [1.54, 1.807) is 6.20 Å². The van der Waals surface area contributed by atoms with E-state index in [2.05, 4.69) is 35.8 Å². The first kappa shape index (κ1) is 13.9. The van der Waals surface area contributed by atoms with Crippen LogP contribution in [0.2, 0.25) is 0 Å². The topological polar surface area (TPSA) is 39.3 Å². The minimum Gasteiger partial charge on any atom is -0.359 e. The highest BCUT2D eigenvalue weighted by atomic mass is 16.1. The van der Waals surface area contributed by atoms with Crippen LogP contribution in [0.4, 0.5) is 0 Å². The van der Waals surface area contributed by atoms with Crippen LogP contribution >= 0.6 is 0 Å². The zero-order valence-corrected chi connectivity index (χ0v) is 11.1. The fourth-order valence-electron chi connectivity index (χ4n) is 1.75. The Bertz CT molecular complexity index is 319. The van der Waals surface area contributed by atoms with Gasteiger partial charge in [-0.05, 0) is 52.3 Å². The third kappa shape index (κ3) is 5.15. The van der Waals surface area contributed by atoms with Gasteiger partial charge in [0.05, 0.1) is 12.2 Å². The number of carbonyl (C=O) groups excluding carboxylic acids is 1. The van der Waals surface area contributed by atoms with Gasteiger partial charge in [-0.15, -0.1) is 0 Å². The minimum absolute atomic E-state index is 0.168. The third-order valence-corrected chi connectivity index (χ3v) is 2.79. The van der Waals surface area contributed by atoms with Crippen molar-refractivity contribution < 1.29 is 4.79 Å². The molecule has 4 heteroatoms. The number of aromatic amines is 1. The van der Waals surface area contributed by atoms with Gasteiger partial charge in [-0.1, -0.05) is 6.92 Å². The number of H-pyrrole nitrogens is 1. The number of Topliss-reactive ketones (excluding diaryl/α,β-unsaturated/α-hetero) is 1. The van der Waals surface area contributed by atoms with Gasteiger partial charge in [0.15, 0.2) is 5.78 Å². The molecule has 0 radical (unpaired) electrons. The lowest BCUT2D eigenvalue weighted by Crippen LogP contribution is -2.32. The van der Waals surface area contributed by atoms with Gasteiger partial charge >= 0.3 is 0 Å². The van der Waals surface area contributed by atoms with Crippen LogP contribution in [0.5, 0.6) is 0 Å². The van der Waals surface area contributed by atoms with Gasteiger partial charge in [-0.3, -0.25) is 9.69 Å². The van der Waals surface area contributed by atoms with Crippen LogP contribution in [0.25, 0.3) is 0 Å². The lowest BCUT2D eigenvalue weighted by atomic mass is 10.2. The van der Waals surface area contributed by atoms with E-state index >= 15 is 0 Å². The molecular formula is C13H23N3O. The van der Waals surface area contributed by atoms with Gasteiger partial charge in [0.25, 0.3) is 0 Å². The lowest BCUT2D eigenvalue weighted by Gasteiger charge is -2.20. The molecule has 0 bridgehead atoms. The molecule has 0 aliphatic carbocycles. The van der Waals surface area contributed by atoms with Gasteiger partial charge in [-0.25, -0.2) is 0 Å². The van der Waals surface area contributed by atoms with E-state index in [9.17, 15) is 4.79 Å². The van der Waals surface area contributed by atoms with Crippen LogP contribution in [0.15, 0.2) is 18.3 Å². The Kier molecular flexibility index (Phi) is 5.94. The Hall–Kier alpha value is -1.13. The maximum absolute atomic E-state index is 11.9. The number of ketones is 1. The summed E-state index contributed by atoms with van der Waals surface area (Å²) >= 11 is 0. The lowest BCUT2D eigenvalue weighted by molar-refractivity contribution is 0.0927. The van der Waals surface area contributed by atoms with Crippen LogP contribution in [0.3, 0.4) is 0 Å². The minimum atomic E-state index is 0.168. The molecule has 0 aliphatic heterocycles. The largest absolute Gasteiger partial charge is 0.359 e. The van der Waals surface area contributed by atoms with Crippen molar-refractivity contribution in [3.05, 3.63) is 24.0 Å². The molecule has 1 N–H and O–H groups in total. The van der Waals surface area contributed by atoms with Crippen LogP contribution in [0.1, 0.15) is 23.8 Å². The van der Waals surface area contributed by atoms with Crippen molar-refractivity contribution in [2.24, 2.45) is 0 Å². The number of nitrogens with one attached hydrogen (secondary N) is 1. The van der Waals surface area contributed by atoms with E-state index in [-0.39, 0.29) is 5.78 Å². The van der Waals surface area contributed by atoms with Crippen molar-refractivity contribution in [1.29, 1.82) is 0 Å². The van der Waals surface area contributed by atoms with Crippen molar-refractivity contribution in [2.75, 3.05) is 40.3 Å². The van der Waals surface area contributed by atoms with Crippen molar-refractivity contribution in [2.45, 2.75) is 13.3 Å². The van der Waals surface area contributed by atoms with Crippen LogP contribution in [-0.4, -0.2) is 60.8 Å². The summed E-state index contributed by atoms with van der Waals surface area (Å²) in [6.07, 6.45) is 2.88. The highest BCUT2D eigenvalue weighted by Crippen LogP contribution is 2.00. The average molecular weight is 237 g/mol. The summed E-state index contributed by atoms with van der Waals surface area (Å²) in [6, 6.07) is 3.69. The second kappa shape index (κ2) is 7.25. The van der Waals surface area contributed by atoms with E-state index in [0.29, 0.717) is 12.2 Å². The summed E-state index contributed by atoms with van der Waals surface area (Å²) in [4.78, 5) is 19.2. The molecule has 1 heterocycles. The molecule has 0 spiro atoms. The standard InChI is InChI=1S/C13H23N3O/c1-4-16(10-6-9-15(2)3)11-13(17)12-7-5-8-14-12/h5,7-8,14H,4,6,9-11H2,1-3H3. The molecule has 4 nitrogen and oxygen atoms in total. The smallest absolute Gasteiger partial charge is 0.192 e. The van der Waals surface area contributed by atoms with Crippen molar-refractivity contribution in [3.8, 4) is 0 Å². The Morgan fingerprint density at radius 2 is 2.12 bits per heavy atom. The first-order valence-electron chi connectivity index (χ1n) is 6.17. The Labute approximate surface area is 104 Å². The van der Waals surface area contributed by atoms with Gasteiger partial charge in [0, 0.05) is 6.20 Å². The number of nitrogens with zero attached hydrogens (tertiary/aromatic N) is 2. The second-order valence-corrected chi connectivity index (χ2v) is 4.53. The van der Waals surface area contributed by atoms with Crippen molar-refractivity contribution >= 4 is 5.78 Å².